The normalized spacial score (nSPS) is 22.3. The Morgan fingerprint density at radius 1 is 1.19 bits per heavy atom. The number of piperidine rings is 1. The van der Waals surface area contributed by atoms with E-state index >= 15 is 0 Å². The lowest BCUT2D eigenvalue weighted by Gasteiger charge is -2.33. The molecule has 0 spiro atoms. The Hall–Kier alpha value is -2.78. The van der Waals surface area contributed by atoms with Gasteiger partial charge in [0, 0.05) is 11.3 Å². The van der Waals surface area contributed by atoms with E-state index in [1.807, 2.05) is 6.20 Å². The zero-order valence-corrected chi connectivity index (χ0v) is 15.2. The fourth-order valence-corrected chi connectivity index (χ4v) is 4.62. The van der Waals surface area contributed by atoms with Crippen LogP contribution in [0.1, 0.15) is 41.9 Å². The zero-order valence-electron chi connectivity index (χ0n) is 15.2. The van der Waals surface area contributed by atoms with E-state index in [9.17, 15) is 0 Å². The molecule has 0 aliphatic carbocycles. The molecule has 0 bridgehead atoms. The van der Waals surface area contributed by atoms with E-state index in [1.165, 1.54) is 5.56 Å². The van der Waals surface area contributed by atoms with E-state index in [-0.39, 0.29) is 5.92 Å². The average Bonchev–Trinajstić information content (AvgIpc) is 3.21. The number of hydrogen-bond donors (Lipinski definition) is 3. The summed E-state index contributed by atoms with van der Waals surface area (Å²) in [6.45, 7) is 10.7. The minimum absolute atomic E-state index is 0.129. The van der Waals surface area contributed by atoms with E-state index in [0.29, 0.717) is 5.92 Å². The van der Waals surface area contributed by atoms with E-state index in [2.05, 4.69) is 43.9 Å². The van der Waals surface area contributed by atoms with Gasteiger partial charge < -0.3 is 15.4 Å². The predicted molar refractivity (Wildman–Crippen MR) is 104 cm³/mol. The molecule has 3 aliphatic heterocycles. The first-order valence-corrected chi connectivity index (χ1v) is 9.74. The summed E-state index contributed by atoms with van der Waals surface area (Å²) in [6.07, 6.45) is 6.01. The first-order valence-electron chi connectivity index (χ1n) is 9.74. The van der Waals surface area contributed by atoms with Crippen LogP contribution in [-0.2, 0) is 6.42 Å². The maximum absolute atomic E-state index is 8.00. The Morgan fingerprint density at radius 2 is 2.07 bits per heavy atom. The smallest absolute Gasteiger partial charge is 0.196 e. The lowest BCUT2D eigenvalue weighted by atomic mass is 9.81. The number of aromatic nitrogens is 2. The maximum Gasteiger partial charge on any atom is 0.196 e. The molecule has 1 atom stereocenters. The molecule has 27 heavy (non-hydrogen) atoms. The van der Waals surface area contributed by atoms with Crippen molar-refractivity contribution in [2.24, 2.45) is 5.92 Å². The Morgan fingerprint density at radius 3 is 2.93 bits per heavy atom. The molecule has 138 valence electrons. The number of para-hydroxylation sites is 1. The van der Waals surface area contributed by atoms with Crippen molar-refractivity contribution in [3.63, 3.8) is 0 Å². The third-order valence-electron chi connectivity index (χ3n) is 5.93. The van der Waals surface area contributed by atoms with Crippen LogP contribution in [0.4, 0.5) is 5.82 Å². The van der Waals surface area contributed by atoms with Gasteiger partial charge in [0.25, 0.3) is 0 Å². The third-order valence-corrected chi connectivity index (χ3v) is 5.93. The summed E-state index contributed by atoms with van der Waals surface area (Å²) in [5.74, 6) is 2.12. The molecule has 4 heterocycles. The van der Waals surface area contributed by atoms with Crippen LogP contribution in [0.2, 0.25) is 0 Å². The number of anilines is 1. The van der Waals surface area contributed by atoms with Gasteiger partial charge in [0.1, 0.15) is 11.6 Å². The van der Waals surface area contributed by atoms with Gasteiger partial charge >= 0.3 is 0 Å². The van der Waals surface area contributed by atoms with E-state index in [0.717, 1.165) is 79.5 Å². The number of rotatable bonds is 2. The lowest BCUT2D eigenvalue weighted by molar-refractivity contribution is 0.284. The first-order chi connectivity index (χ1) is 13.4. The molecule has 0 radical (unpaired) electrons. The van der Waals surface area contributed by atoms with Crippen molar-refractivity contribution < 1.29 is 4.74 Å². The molecule has 3 N–H and O–H groups in total. The number of aromatic amines is 1. The van der Waals surface area contributed by atoms with Gasteiger partial charge in [-0.2, -0.15) is 5.10 Å². The van der Waals surface area contributed by atoms with Gasteiger partial charge in [-0.3, -0.25) is 5.10 Å². The van der Waals surface area contributed by atoms with Crippen molar-refractivity contribution in [1.29, 1.82) is 0 Å². The summed E-state index contributed by atoms with van der Waals surface area (Å²) in [6, 6.07) is 6.35. The molecule has 1 saturated heterocycles. The number of hydrogen-bond acceptors (Lipinski definition) is 4. The molecule has 6 nitrogen and oxygen atoms in total. The van der Waals surface area contributed by atoms with E-state index in [1.54, 1.807) is 0 Å². The Labute approximate surface area is 158 Å². The molecular formula is C21H23N5O. The van der Waals surface area contributed by atoms with Gasteiger partial charge in [0.15, 0.2) is 5.70 Å². The highest BCUT2D eigenvalue weighted by Crippen LogP contribution is 2.47. The first kappa shape index (κ1) is 16.4. The van der Waals surface area contributed by atoms with Gasteiger partial charge in [0.2, 0.25) is 0 Å². The Balaban J connectivity index is 1.68. The van der Waals surface area contributed by atoms with Crippen LogP contribution in [0.15, 0.2) is 35.8 Å². The molecule has 2 aromatic rings. The molecule has 3 aliphatic rings. The predicted octanol–water partition coefficient (Wildman–Crippen LogP) is 3.42. The summed E-state index contributed by atoms with van der Waals surface area (Å²) in [5.41, 5.74) is 5.21. The Kier molecular flexibility index (Phi) is 4.10. The second-order valence-electron chi connectivity index (χ2n) is 7.48. The number of fused-ring (bicyclic) bond motifs is 2. The quantitative estimate of drug-likeness (QED) is 0.717. The third kappa shape index (κ3) is 2.70. The molecule has 1 fully saturated rings. The minimum atomic E-state index is -0.129. The number of H-pyrrole nitrogens is 1. The highest BCUT2D eigenvalue weighted by atomic mass is 16.5. The highest BCUT2D eigenvalue weighted by Gasteiger charge is 2.36. The van der Waals surface area contributed by atoms with Crippen LogP contribution >= 0.6 is 0 Å². The molecule has 6 heteroatoms. The second-order valence-corrected chi connectivity index (χ2v) is 7.48. The van der Waals surface area contributed by atoms with Gasteiger partial charge in [-0.05, 0) is 55.8 Å². The molecule has 1 aromatic heterocycles. The fraction of sp³-hybridized carbons (Fsp3) is 0.429. The molecule has 5 rings (SSSR count). The fourth-order valence-electron chi connectivity index (χ4n) is 4.62. The van der Waals surface area contributed by atoms with Crippen molar-refractivity contribution in [2.75, 3.05) is 25.0 Å². The van der Waals surface area contributed by atoms with Crippen LogP contribution < -0.4 is 15.4 Å². The molecule has 1 aromatic carbocycles. The van der Waals surface area contributed by atoms with Crippen LogP contribution in [0.5, 0.6) is 5.75 Å². The van der Waals surface area contributed by atoms with Gasteiger partial charge in [-0.15, -0.1) is 0 Å². The molecule has 0 saturated carbocycles. The van der Waals surface area contributed by atoms with Gasteiger partial charge in [-0.1, -0.05) is 18.2 Å². The monoisotopic (exact) mass is 361 g/mol. The highest BCUT2D eigenvalue weighted by molar-refractivity contribution is 5.65. The minimum Gasteiger partial charge on any atom is -0.493 e. The largest absolute Gasteiger partial charge is 0.493 e. The van der Waals surface area contributed by atoms with Crippen molar-refractivity contribution in [2.45, 2.75) is 31.6 Å². The maximum atomic E-state index is 8.00. The number of nitrogens with one attached hydrogen (secondary N) is 3. The van der Waals surface area contributed by atoms with E-state index in [4.69, 9.17) is 11.3 Å². The Bertz CT molecular complexity index is 932. The van der Waals surface area contributed by atoms with E-state index < -0.39 is 0 Å². The number of benzene rings is 1. The summed E-state index contributed by atoms with van der Waals surface area (Å²) in [4.78, 5) is 4.04. The zero-order chi connectivity index (χ0) is 18.2. The van der Waals surface area contributed by atoms with Gasteiger partial charge in [-0.25, -0.2) is 4.85 Å². The lowest BCUT2D eigenvalue weighted by Crippen LogP contribution is -2.32. The van der Waals surface area contributed by atoms with Crippen LogP contribution in [0.3, 0.4) is 0 Å². The second kappa shape index (κ2) is 6.75. The summed E-state index contributed by atoms with van der Waals surface area (Å²) < 4.78 is 6.09. The van der Waals surface area contributed by atoms with Crippen molar-refractivity contribution in [3.8, 4) is 5.75 Å². The van der Waals surface area contributed by atoms with Crippen molar-refractivity contribution >= 4 is 5.82 Å². The van der Waals surface area contributed by atoms with Crippen LogP contribution in [-0.4, -0.2) is 29.9 Å². The average molecular weight is 361 g/mol. The van der Waals surface area contributed by atoms with Crippen molar-refractivity contribution in [1.82, 2.24) is 15.5 Å². The summed E-state index contributed by atoms with van der Waals surface area (Å²) >= 11 is 0. The van der Waals surface area contributed by atoms with Crippen LogP contribution in [0.25, 0.3) is 4.85 Å². The number of aryl methyl sites for hydroxylation is 1. The number of nitrogens with zero attached hydrogens (tertiary/aromatic N) is 2. The van der Waals surface area contributed by atoms with Crippen molar-refractivity contribution in [3.05, 3.63) is 63.9 Å². The standard InChI is InChI=1S/C21H23N5O/c1-22-19-17(15-6-2-4-14-5-3-11-27-20(14)15)16-12-24-26-21(16)25-18(19)13-7-9-23-10-8-13/h2,4,6,12-13,17,23H,3,5,7-11H2,(H2,24,25,26). The van der Waals surface area contributed by atoms with Gasteiger partial charge in [0.05, 0.1) is 25.3 Å². The topological polar surface area (TPSA) is 66.3 Å². The number of allylic oxidation sites excluding steroid dienone is 2. The van der Waals surface area contributed by atoms with Crippen LogP contribution in [0, 0.1) is 12.5 Å². The summed E-state index contributed by atoms with van der Waals surface area (Å²) in [7, 11) is 0. The molecule has 0 amide bonds. The summed E-state index contributed by atoms with van der Waals surface area (Å²) in [5, 5.41) is 14.3. The SMILES string of the molecule is [C-]#[N+]C1=C(C2CCNCC2)Nc2[nH]ncc2C1c1cccc2c1OCCC2. The molecule has 1 unspecified atom stereocenters. The molecular weight excluding hydrogens is 338 g/mol. The number of ether oxygens (including phenoxy) is 1.